The molecule has 5 nitrogen and oxygen atoms in total. The lowest BCUT2D eigenvalue weighted by Gasteiger charge is -2.14. The van der Waals surface area contributed by atoms with Crippen molar-refractivity contribution in [1.29, 1.82) is 0 Å². The first-order valence-electron chi connectivity index (χ1n) is 9.83. The molecule has 0 bridgehead atoms. The summed E-state index contributed by atoms with van der Waals surface area (Å²) in [7, 11) is 0. The maximum absolute atomic E-state index is 12.5. The first kappa shape index (κ1) is 21.6. The van der Waals surface area contributed by atoms with Crippen LogP contribution >= 0.6 is 23.1 Å². The smallest absolute Gasteiger partial charge is 0.234 e. The van der Waals surface area contributed by atoms with E-state index < -0.39 is 0 Å². The molecule has 0 radical (unpaired) electrons. The Labute approximate surface area is 180 Å². The second-order valence-electron chi connectivity index (χ2n) is 7.52. The Hall–Kier alpha value is -2.12. The third-order valence-electron chi connectivity index (χ3n) is 4.72. The fourth-order valence-electron chi connectivity index (χ4n) is 3.50. The molecule has 0 fully saturated rings. The van der Waals surface area contributed by atoms with Crippen molar-refractivity contribution in [2.75, 3.05) is 11.1 Å². The summed E-state index contributed by atoms with van der Waals surface area (Å²) in [5.41, 5.74) is 5.58. The minimum absolute atomic E-state index is 0.0412. The summed E-state index contributed by atoms with van der Waals surface area (Å²) >= 11 is 3.18. The van der Waals surface area contributed by atoms with Gasteiger partial charge < -0.3 is 5.32 Å². The molecule has 0 atom stereocenters. The van der Waals surface area contributed by atoms with Gasteiger partial charge in [-0.2, -0.15) is 0 Å². The minimum atomic E-state index is -0.0412. The van der Waals surface area contributed by atoms with Crippen LogP contribution in [0.3, 0.4) is 0 Å². The zero-order valence-electron chi connectivity index (χ0n) is 17.9. The normalized spacial score (nSPS) is 11.3. The van der Waals surface area contributed by atoms with Gasteiger partial charge in [-0.05, 0) is 69.9 Å². The lowest BCUT2D eigenvalue weighted by Crippen LogP contribution is -2.15. The molecule has 154 valence electrons. The van der Waals surface area contributed by atoms with Gasteiger partial charge in [0.2, 0.25) is 5.91 Å². The highest BCUT2D eigenvalue weighted by molar-refractivity contribution is 7.99. The zero-order chi connectivity index (χ0) is 21.1. The molecule has 2 aromatic heterocycles. The van der Waals surface area contributed by atoms with Crippen LogP contribution in [-0.4, -0.2) is 26.4 Å². The second kappa shape index (κ2) is 9.13. The zero-order valence-corrected chi connectivity index (χ0v) is 19.5. The van der Waals surface area contributed by atoms with Crippen molar-refractivity contribution in [3.05, 3.63) is 45.1 Å². The number of hydrogen-bond acceptors (Lipinski definition) is 5. The van der Waals surface area contributed by atoms with E-state index in [0.29, 0.717) is 5.75 Å². The number of thioether (sulfide) groups is 1. The van der Waals surface area contributed by atoms with E-state index in [1.54, 1.807) is 11.3 Å². The molecule has 0 unspecified atom stereocenters. The van der Waals surface area contributed by atoms with Gasteiger partial charge in [0, 0.05) is 27.5 Å². The predicted octanol–water partition coefficient (Wildman–Crippen LogP) is 5.81. The molecule has 1 amide bonds. The molecule has 29 heavy (non-hydrogen) atoms. The van der Waals surface area contributed by atoms with Crippen molar-refractivity contribution in [3.63, 3.8) is 0 Å². The number of aryl methyl sites for hydroxylation is 3. The van der Waals surface area contributed by atoms with Crippen molar-refractivity contribution in [2.45, 2.75) is 59.2 Å². The van der Waals surface area contributed by atoms with Crippen LogP contribution in [0.4, 0.5) is 5.69 Å². The van der Waals surface area contributed by atoms with Crippen LogP contribution in [0.1, 0.15) is 48.4 Å². The molecule has 0 spiro atoms. The van der Waals surface area contributed by atoms with E-state index in [0.717, 1.165) is 39.8 Å². The highest BCUT2D eigenvalue weighted by Gasteiger charge is 2.21. The van der Waals surface area contributed by atoms with Crippen LogP contribution in [0.5, 0.6) is 0 Å². The van der Waals surface area contributed by atoms with Gasteiger partial charge in [0.1, 0.15) is 0 Å². The average molecular weight is 429 g/mol. The van der Waals surface area contributed by atoms with Gasteiger partial charge in [-0.15, -0.1) is 21.5 Å². The van der Waals surface area contributed by atoms with Gasteiger partial charge in [0.15, 0.2) is 11.0 Å². The van der Waals surface area contributed by atoms with Crippen molar-refractivity contribution in [1.82, 2.24) is 14.8 Å². The number of amides is 1. The summed E-state index contributed by atoms with van der Waals surface area (Å²) in [4.78, 5) is 13.8. The second-order valence-corrected chi connectivity index (χ2v) is 9.55. The maximum Gasteiger partial charge on any atom is 0.234 e. The summed E-state index contributed by atoms with van der Waals surface area (Å²) < 4.78 is 2.13. The molecule has 0 aliphatic rings. The van der Waals surface area contributed by atoms with Gasteiger partial charge in [-0.25, -0.2) is 0 Å². The van der Waals surface area contributed by atoms with Crippen LogP contribution < -0.4 is 5.32 Å². The molecule has 0 saturated carbocycles. The van der Waals surface area contributed by atoms with Gasteiger partial charge in [-0.1, -0.05) is 24.8 Å². The number of anilines is 1. The standard InChI is InChI=1S/C22H28N4OS2/c1-7-18-16(6)28-11-19(18)21-24-25-22(26(21)13(2)3)29-12-20(27)23-17-9-14(4)8-15(5)10-17/h8-11,13H,7,12H2,1-6H3,(H,23,27). The van der Waals surface area contributed by atoms with E-state index >= 15 is 0 Å². The molecule has 0 aliphatic carbocycles. The molecular formula is C22H28N4OS2. The Kier molecular flexibility index (Phi) is 6.80. The first-order chi connectivity index (χ1) is 13.8. The van der Waals surface area contributed by atoms with E-state index in [9.17, 15) is 4.79 Å². The molecule has 1 N–H and O–H groups in total. The predicted molar refractivity (Wildman–Crippen MR) is 123 cm³/mol. The maximum atomic E-state index is 12.5. The van der Waals surface area contributed by atoms with Crippen molar-refractivity contribution in [3.8, 4) is 11.4 Å². The number of carbonyl (C=O) groups excluding carboxylic acids is 1. The summed E-state index contributed by atoms with van der Waals surface area (Å²) in [5, 5.41) is 14.8. The fourth-order valence-corrected chi connectivity index (χ4v) is 5.31. The third kappa shape index (κ3) is 4.90. The van der Waals surface area contributed by atoms with E-state index in [1.807, 2.05) is 26.0 Å². The number of aromatic nitrogens is 3. The Morgan fingerprint density at radius 2 is 1.86 bits per heavy atom. The van der Waals surface area contributed by atoms with Gasteiger partial charge in [0.25, 0.3) is 0 Å². The van der Waals surface area contributed by atoms with Crippen LogP contribution in [0.2, 0.25) is 0 Å². The van der Waals surface area contributed by atoms with E-state index in [1.165, 1.54) is 22.2 Å². The largest absolute Gasteiger partial charge is 0.325 e. The number of rotatable bonds is 7. The van der Waals surface area contributed by atoms with E-state index in [4.69, 9.17) is 0 Å². The molecule has 7 heteroatoms. The van der Waals surface area contributed by atoms with Crippen molar-refractivity contribution < 1.29 is 4.79 Å². The Morgan fingerprint density at radius 1 is 1.17 bits per heavy atom. The molecule has 3 rings (SSSR count). The molecule has 2 heterocycles. The lowest BCUT2D eigenvalue weighted by atomic mass is 10.1. The number of benzene rings is 1. The molecule has 0 aliphatic heterocycles. The van der Waals surface area contributed by atoms with Gasteiger partial charge in [-0.3, -0.25) is 9.36 Å². The summed E-state index contributed by atoms with van der Waals surface area (Å²) in [6, 6.07) is 6.26. The highest BCUT2D eigenvalue weighted by atomic mass is 32.2. The molecule has 3 aromatic rings. The first-order valence-corrected chi connectivity index (χ1v) is 11.7. The summed E-state index contributed by atoms with van der Waals surface area (Å²) in [6.07, 6.45) is 0.969. The van der Waals surface area contributed by atoms with Gasteiger partial charge >= 0.3 is 0 Å². The van der Waals surface area contributed by atoms with Crippen LogP contribution in [0, 0.1) is 20.8 Å². The SMILES string of the molecule is CCc1c(-c2nnc(SCC(=O)Nc3cc(C)cc(C)c3)n2C(C)C)csc1C. The minimum Gasteiger partial charge on any atom is -0.325 e. The van der Waals surface area contributed by atoms with Crippen LogP contribution in [0.15, 0.2) is 28.7 Å². The Bertz CT molecular complexity index is 1000. The highest BCUT2D eigenvalue weighted by Crippen LogP contribution is 2.34. The Balaban J connectivity index is 1.77. The monoisotopic (exact) mass is 428 g/mol. The Morgan fingerprint density at radius 3 is 2.48 bits per heavy atom. The van der Waals surface area contributed by atoms with Gasteiger partial charge in [0.05, 0.1) is 5.75 Å². The number of hydrogen-bond donors (Lipinski definition) is 1. The van der Waals surface area contributed by atoms with Crippen LogP contribution in [-0.2, 0) is 11.2 Å². The van der Waals surface area contributed by atoms with Crippen LogP contribution in [0.25, 0.3) is 11.4 Å². The number of nitrogens with zero attached hydrogens (tertiary/aromatic N) is 3. The fraction of sp³-hybridized carbons (Fsp3) is 0.409. The third-order valence-corrected chi connectivity index (χ3v) is 6.61. The number of carbonyl (C=O) groups is 1. The van der Waals surface area contributed by atoms with Crippen molar-refractivity contribution >= 4 is 34.7 Å². The number of thiophene rings is 1. The van der Waals surface area contributed by atoms with E-state index in [-0.39, 0.29) is 11.9 Å². The summed E-state index contributed by atoms with van der Waals surface area (Å²) in [6.45, 7) is 12.6. The average Bonchev–Trinajstić information content (AvgIpc) is 3.21. The molecule has 1 aromatic carbocycles. The van der Waals surface area contributed by atoms with Crippen molar-refractivity contribution in [2.24, 2.45) is 0 Å². The number of nitrogens with one attached hydrogen (secondary N) is 1. The quantitative estimate of drug-likeness (QED) is 0.483. The summed E-state index contributed by atoms with van der Waals surface area (Å²) in [5.74, 6) is 1.14. The molecular weight excluding hydrogens is 400 g/mol. The topological polar surface area (TPSA) is 59.8 Å². The molecule has 0 saturated heterocycles. The lowest BCUT2D eigenvalue weighted by molar-refractivity contribution is -0.113. The van der Waals surface area contributed by atoms with E-state index in [2.05, 4.69) is 59.2 Å².